The molecule has 5 atom stereocenters. The highest BCUT2D eigenvalue weighted by Gasteiger charge is 2.53. The van der Waals surface area contributed by atoms with Crippen LogP contribution in [0, 0.1) is 0 Å². The van der Waals surface area contributed by atoms with Crippen molar-refractivity contribution >= 4 is 5.91 Å². The summed E-state index contributed by atoms with van der Waals surface area (Å²) in [6.45, 7) is 6.26. The van der Waals surface area contributed by atoms with Gasteiger partial charge >= 0.3 is 0 Å². The largest absolute Gasteiger partial charge is 0.373 e. The first-order valence-corrected chi connectivity index (χ1v) is 7.35. The van der Waals surface area contributed by atoms with Crippen LogP contribution in [-0.2, 0) is 9.53 Å². The van der Waals surface area contributed by atoms with E-state index in [1.807, 2.05) is 6.92 Å². The molecule has 2 bridgehead atoms. The van der Waals surface area contributed by atoms with Crippen LogP contribution >= 0.6 is 0 Å². The van der Waals surface area contributed by atoms with Crippen LogP contribution in [-0.4, -0.2) is 40.8 Å². The van der Waals surface area contributed by atoms with Gasteiger partial charge in [0, 0.05) is 0 Å². The lowest BCUT2D eigenvalue weighted by Gasteiger charge is -2.33. The fourth-order valence-corrected chi connectivity index (χ4v) is 3.76. The Balaban J connectivity index is 1.84. The average Bonchev–Trinajstić information content (AvgIpc) is 3.04. The molecule has 3 aliphatic heterocycles. The van der Waals surface area contributed by atoms with Crippen LogP contribution in [0.3, 0.4) is 0 Å². The van der Waals surface area contributed by atoms with Gasteiger partial charge in [0.05, 0.1) is 30.0 Å². The molecule has 3 fully saturated rings. The molecule has 0 aromatic rings. The average molecular weight is 252 g/mol. The second-order valence-corrected chi connectivity index (χ2v) is 6.14. The molecule has 4 heteroatoms. The number of amides is 1. The van der Waals surface area contributed by atoms with Crippen molar-refractivity contribution in [1.29, 1.82) is 0 Å². The van der Waals surface area contributed by atoms with E-state index in [2.05, 4.69) is 24.1 Å². The van der Waals surface area contributed by atoms with Crippen molar-refractivity contribution in [2.75, 3.05) is 0 Å². The van der Waals surface area contributed by atoms with Gasteiger partial charge < -0.3 is 9.64 Å². The molecular weight excluding hydrogens is 228 g/mol. The van der Waals surface area contributed by atoms with Gasteiger partial charge in [0.1, 0.15) is 0 Å². The predicted octanol–water partition coefficient (Wildman–Crippen LogP) is 1.64. The zero-order chi connectivity index (χ0) is 12.9. The van der Waals surface area contributed by atoms with Crippen molar-refractivity contribution in [3.05, 3.63) is 0 Å². The van der Waals surface area contributed by atoms with E-state index in [4.69, 9.17) is 4.74 Å². The van der Waals surface area contributed by atoms with Crippen molar-refractivity contribution in [1.82, 2.24) is 10.2 Å². The fraction of sp³-hybridized carbons (Fsp3) is 0.929. The number of carbonyl (C=O) groups is 1. The second kappa shape index (κ2) is 4.20. The van der Waals surface area contributed by atoms with Gasteiger partial charge in [0.2, 0.25) is 5.91 Å². The number of ether oxygens (including phenoxy) is 1. The number of hydrogen-bond donors (Lipinski definition) is 1. The third-order valence-corrected chi connectivity index (χ3v) is 5.05. The maximum Gasteiger partial charge on any atom is 0.244 e. The van der Waals surface area contributed by atoms with Gasteiger partial charge in [-0.25, -0.2) is 0 Å². The summed E-state index contributed by atoms with van der Waals surface area (Å²) in [4.78, 5) is 14.8. The van der Waals surface area contributed by atoms with E-state index in [0.29, 0.717) is 12.1 Å². The van der Waals surface area contributed by atoms with Crippen molar-refractivity contribution in [2.45, 2.75) is 82.8 Å². The van der Waals surface area contributed by atoms with Crippen LogP contribution in [0.5, 0.6) is 0 Å². The zero-order valence-electron chi connectivity index (χ0n) is 11.6. The Morgan fingerprint density at radius 2 is 2.22 bits per heavy atom. The van der Waals surface area contributed by atoms with E-state index in [0.717, 1.165) is 25.7 Å². The summed E-state index contributed by atoms with van der Waals surface area (Å²) in [5.41, 5.74) is -0.373. The minimum Gasteiger partial charge on any atom is -0.373 e. The molecule has 18 heavy (non-hydrogen) atoms. The zero-order valence-corrected chi connectivity index (χ0v) is 11.6. The molecule has 5 unspecified atom stereocenters. The molecule has 0 saturated carbocycles. The highest BCUT2D eigenvalue weighted by atomic mass is 16.5. The molecule has 3 rings (SSSR count). The van der Waals surface area contributed by atoms with Gasteiger partial charge in [-0.05, 0) is 39.0 Å². The van der Waals surface area contributed by atoms with Crippen molar-refractivity contribution in [3.8, 4) is 0 Å². The molecular formula is C14H24N2O2. The summed E-state index contributed by atoms with van der Waals surface area (Å²) in [6, 6.07) is 0.307. The standard InChI is InChI=1S/C14H24N2O2/c1-4-12-15-14(3,5-2)13(17)16(12)10-8-9-6-7-11(10)18-9/h9-12,15H,4-8H2,1-3H3. The Bertz CT molecular complexity index is 360. The van der Waals surface area contributed by atoms with Crippen LogP contribution in [0.4, 0.5) is 0 Å². The lowest BCUT2D eigenvalue weighted by Crippen LogP contribution is -2.49. The van der Waals surface area contributed by atoms with Crippen LogP contribution in [0.15, 0.2) is 0 Å². The Kier molecular flexibility index (Phi) is 2.90. The number of nitrogens with one attached hydrogen (secondary N) is 1. The first-order valence-electron chi connectivity index (χ1n) is 7.35. The molecule has 0 spiro atoms. The van der Waals surface area contributed by atoms with Gasteiger partial charge in [-0.1, -0.05) is 13.8 Å². The van der Waals surface area contributed by atoms with Crippen molar-refractivity contribution in [3.63, 3.8) is 0 Å². The van der Waals surface area contributed by atoms with E-state index in [1.165, 1.54) is 6.42 Å². The Morgan fingerprint density at radius 3 is 2.72 bits per heavy atom. The topological polar surface area (TPSA) is 41.6 Å². The lowest BCUT2D eigenvalue weighted by molar-refractivity contribution is -0.136. The molecule has 1 N–H and O–H groups in total. The smallest absolute Gasteiger partial charge is 0.244 e. The number of fused-ring (bicyclic) bond motifs is 2. The van der Waals surface area contributed by atoms with E-state index in [-0.39, 0.29) is 23.7 Å². The highest BCUT2D eigenvalue weighted by Crippen LogP contribution is 2.40. The second-order valence-electron chi connectivity index (χ2n) is 6.14. The summed E-state index contributed by atoms with van der Waals surface area (Å²) in [5.74, 6) is 0.276. The van der Waals surface area contributed by atoms with Crippen LogP contribution in [0.1, 0.15) is 52.9 Å². The van der Waals surface area contributed by atoms with E-state index < -0.39 is 0 Å². The van der Waals surface area contributed by atoms with Crippen molar-refractivity contribution in [2.24, 2.45) is 0 Å². The number of carbonyl (C=O) groups excluding carboxylic acids is 1. The Labute approximate surface area is 109 Å². The summed E-state index contributed by atoms with van der Waals surface area (Å²) >= 11 is 0. The molecule has 3 heterocycles. The fourth-order valence-electron chi connectivity index (χ4n) is 3.76. The monoisotopic (exact) mass is 252 g/mol. The van der Waals surface area contributed by atoms with Gasteiger partial charge in [-0.15, -0.1) is 0 Å². The highest BCUT2D eigenvalue weighted by molar-refractivity contribution is 5.88. The van der Waals surface area contributed by atoms with Gasteiger partial charge in [0.15, 0.2) is 0 Å². The lowest BCUT2D eigenvalue weighted by atomic mass is 9.92. The summed E-state index contributed by atoms with van der Waals surface area (Å²) in [6.07, 6.45) is 6.03. The minimum atomic E-state index is -0.373. The van der Waals surface area contributed by atoms with Crippen molar-refractivity contribution < 1.29 is 9.53 Å². The Morgan fingerprint density at radius 1 is 1.44 bits per heavy atom. The summed E-state index contributed by atoms with van der Waals surface area (Å²) in [7, 11) is 0. The van der Waals surface area contributed by atoms with Crippen LogP contribution in [0.2, 0.25) is 0 Å². The van der Waals surface area contributed by atoms with Crippen LogP contribution in [0.25, 0.3) is 0 Å². The first kappa shape index (κ1) is 12.4. The van der Waals surface area contributed by atoms with Crippen LogP contribution < -0.4 is 5.32 Å². The number of rotatable bonds is 3. The molecule has 1 amide bonds. The predicted molar refractivity (Wildman–Crippen MR) is 69.1 cm³/mol. The van der Waals surface area contributed by atoms with E-state index in [1.54, 1.807) is 0 Å². The van der Waals surface area contributed by atoms with E-state index >= 15 is 0 Å². The first-order chi connectivity index (χ1) is 8.59. The third-order valence-electron chi connectivity index (χ3n) is 5.05. The van der Waals surface area contributed by atoms with Gasteiger partial charge in [-0.3, -0.25) is 10.1 Å². The number of nitrogens with zero attached hydrogens (tertiary/aromatic N) is 1. The SMILES string of the molecule is CCC1NC(C)(CC)C(=O)N1C1CC2CCC1O2. The van der Waals surface area contributed by atoms with Gasteiger partial charge in [-0.2, -0.15) is 0 Å². The quantitative estimate of drug-likeness (QED) is 0.830. The Hall–Kier alpha value is -0.610. The van der Waals surface area contributed by atoms with Gasteiger partial charge in [0.25, 0.3) is 0 Å². The summed E-state index contributed by atoms with van der Waals surface area (Å²) in [5, 5.41) is 3.52. The molecule has 4 nitrogen and oxygen atoms in total. The molecule has 0 aromatic carbocycles. The number of hydrogen-bond acceptors (Lipinski definition) is 3. The molecule has 3 saturated heterocycles. The minimum absolute atomic E-state index is 0.190. The maximum atomic E-state index is 12.7. The third kappa shape index (κ3) is 1.62. The molecule has 0 radical (unpaired) electrons. The molecule has 3 aliphatic rings. The van der Waals surface area contributed by atoms with E-state index in [9.17, 15) is 4.79 Å². The summed E-state index contributed by atoms with van der Waals surface area (Å²) < 4.78 is 5.92. The molecule has 0 aromatic heterocycles. The normalized spacial score (nSPS) is 47.3. The maximum absolute atomic E-state index is 12.7. The molecule has 102 valence electrons. The molecule has 0 aliphatic carbocycles.